The summed E-state index contributed by atoms with van der Waals surface area (Å²) in [5.41, 5.74) is 4.59. The van der Waals surface area contributed by atoms with Gasteiger partial charge in [-0.3, -0.25) is 20.2 Å². The minimum absolute atomic E-state index is 0.0101. The minimum Gasteiger partial charge on any atom is -0.378 e. The lowest BCUT2D eigenvalue weighted by molar-refractivity contribution is -0.385. The normalized spacial score (nSPS) is 13.9. The van der Waals surface area contributed by atoms with Crippen molar-refractivity contribution >= 4 is 40.6 Å². The lowest BCUT2D eigenvalue weighted by Crippen LogP contribution is -2.37. The number of non-ortho nitro benzene ring substituents is 2. The molecule has 1 aliphatic rings. The number of anilines is 4. The van der Waals surface area contributed by atoms with Crippen LogP contribution in [0.15, 0.2) is 53.6 Å². The molecular formula is C21H21N9O5. The van der Waals surface area contributed by atoms with Gasteiger partial charge in [-0.1, -0.05) is 0 Å². The van der Waals surface area contributed by atoms with Crippen molar-refractivity contribution in [3.63, 3.8) is 0 Å². The lowest BCUT2D eigenvalue weighted by atomic mass is 10.1. The molecule has 1 aliphatic heterocycles. The van der Waals surface area contributed by atoms with Crippen LogP contribution in [0, 0.1) is 20.2 Å². The van der Waals surface area contributed by atoms with Crippen molar-refractivity contribution in [2.45, 2.75) is 6.92 Å². The van der Waals surface area contributed by atoms with Crippen LogP contribution < -0.4 is 15.6 Å². The molecule has 2 N–H and O–H groups in total. The van der Waals surface area contributed by atoms with E-state index < -0.39 is 9.85 Å². The van der Waals surface area contributed by atoms with Crippen molar-refractivity contribution in [1.82, 2.24) is 15.0 Å². The molecule has 0 atom stereocenters. The number of ether oxygens (including phenoxy) is 1. The predicted molar refractivity (Wildman–Crippen MR) is 128 cm³/mol. The molecule has 180 valence electrons. The van der Waals surface area contributed by atoms with Crippen molar-refractivity contribution in [1.29, 1.82) is 0 Å². The molecule has 0 spiro atoms. The van der Waals surface area contributed by atoms with Crippen molar-refractivity contribution in [3.05, 3.63) is 74.3 Å². The second-order valence-electron chi connectivity index (χ2n) is 7.42. The Hall–Kier alpha value is -4.72. The molecule has 35 heavy (non-hydrogen) atoms. The summed E-state index contributed by atoms with van der Waals surface area (Å²) in [4.78, 5) is 36.0. The van der Waals surface area contributed by atoms with Gasteiger partial charge >= 0.3 is 0 Å². The number of nitrogens with one attached hydrogen (secondary N) is 2. The molecule has 2 aromatic carbocycles. The molecule has 0 amide bonds. The Morgan fingerprint density at radius 1 is 0.914 bits per heavy atom. The van der Waals surface area contributed by atoms with Crippen LogP contribution in [-0.4, -0.2) is 56.8 Å². The van der Waals surface area contributed by atoms with Crippen LogP contribution in [0.5, 0.6) is 0 Å². The molecule has 0 bridgehead atoms. The van der Waals surface area contributed by atoms with Crippen LogP contribution in [0.4, 0.5) is 34.9 Å². The summed E-state index contributed by atoms with van der Waals surface area (Å²) in [6.45, 7) is 4.03. The lowest BCUT2D eigenvalue weighted by Gasteiger charge is -2.27. The number of morpholine rings is 1. The first-order chi connectivity index (χ1) is 16.9. The molecule has 3 aromatic rings. The number of nitro groups is 2. The van der Waals surface area contributed by atoms with Gasteiger partial charge in [0.1, 0.15) is 0 Å². The molecule has 0 saturated carbocycles. The van der Waals surface area contributed by atoms with Crippen molar-refractivity contribution in [3.8, 4) is 0 Å². The zero-order chi connectivity index (χ0) is 24.8. The number of rotatable bonds is 8. The van der Waals surface area contributed by atoms with Crippen molar-refractivity contribution in [2.24, 2.45) is 5.10 Å². The average Bonchev–Trinajstić information content (AvgIpc) is 2.88. The highest BCUT2D eigenvalue weighted by Crippen LogP contribution is 2.21. The van der Waals surface area contributed by atoms with Gasteiger partial charge in [-0.25, -0.2) is 5.43 Å². The number of hydrogen-bond donors (Lipinski definition) is 2. The molecule has 1 fully saturated rings. The third kappa shape index (κ3) is 6.00. The summed E-state index contributed by atoms with van der Waals surface area (Å²) >= 11 is 0. The molecule has 0 radical (unpaired) electrons. The van der Waals surface area contributed by atoms with Crippen LogP contribution >= 0.6 is 0 Å². The average molecular weight is 479 g/mol. The molecule has 14 nitrogen and oxygen atoms in total. The Morgan fingerprint density at radius 2 is 1.49 bits per heavy atom. The third-order valence-corrected chi connectivity index (χ3v) is 5.07. The first-order valence-corrected chi connectivity index (χ1v) is 10.5. The maximum Gasteiger partial charge on any atom is 0.269 e. The molecule has 1 saturated heterocycles. The Balaban J connectivity index is 1.57. The molecule has 0 aliphatic carbocycles. The van der Waals surface area contributed by atoms with E-state index in [-0.39, 0.29) is 23.3 Å². The summed E-state index contributed by atoms with van der Waals surface area (Å²) in [5.74, 6) is 0.812. The van der Waals surface area contributed by atoms with Crippen molar-refractivity contribution < 1.29 is 14.6 Å². The summed E-state index contributed by atoms with van der Waals surface area (Å²) in [5, 5.41) is 29.1. The Labute approximate surface area is 199 Å². The molecule has 14 heteroatoms. The zero-order valence-corrected chi connectivity index (χ0v) is 18.6. The number of benzene rings is 2. The van der Waals surface area contributed by atoms with Crippen LogP contribution in [0.25, 0.3) is 0 Å². The van der Waals surface area contributed by atoms with Gasteiger partial charge in [0, 0.05) is 43.0 Å². The molecule has 4 rings (SSSR count). The van der Waals surface area contributed by atoms with Gasteiger partial charge in [0.25, 0.3) is 11.4 Å². The molecular weight excluding hydrogens is 458 g/mol. The van der Waals surface area contributed by atoms with Crippen LogP contribution in [-0.2, 0) is 4.74 Å². The Bertz CT molecular complexity index is 1240. The fourth-order valence-corrected chi connectivity index (χ4v) is 3.19. The van der Waals surface area contributed by atoms with E-state index >= 15 is 0 Å². The summed E-state index contributed by atoms with van der Waals surface area (Å²) in [6.07, 6.45) is 0. The summed E-state index contributed by atoms with van der Waals surface area (Å²) in [7, 11) is 0. The van der Waals surface area contributed by atoms with Crippen LogP contribution in [0.2, 0.25) is 0 Å². The monoisotopic (exact) mass is 479 g/mol. The maximum atomic E-state index is 10.9. The molecule has 1 aromatic heterocycles. The summed E-state index contributed by atoms with van der Waals surface area (Å²) in [6, 6.07) is 11.9. The van der Waals surface area contributed by atoms with Crippen LogP contribution in [0.1, 0.15) is 12.5 Å². The molecule has 2 heterocycles. The predicted octanol–water partition coefficient (Wildman–Crippen LogP) is 3.10. The number of nitro benzene ring substituents is 2. The first kappa shape index (κ1) is 23.4. The third-order valence-electron chi connectivity index (χ3n) is 5.07. The number of hydrogen-bond acceptors (Lipinski definition) is 12. The van der Waals surface area contributed by atoms with Gasteiger partial charge in [0.15, 0.2) is 0 Å². The maximum absolute atomic E-state index is 10.9. The highest BCUT2D eigenvalue weighted by Gasteiger charge is 2.17. The Kier molecular flexibility index (Phi) is 7.02. The first-order valence-electron chi connectivity index (χ1n) is 10.5. The topological polar surface area (TPSA) is 174 Å². The fraction of sp³-hybridized carbons (Fsp3) is 0.238. The standard InChI is InChI=1S/C21H21N9O5/c1-14(15-2-6-17(7-3-15)29(31)32)26-27-20-23-19(22-16-4-8-18(9-5-16)30(33)34)24-21(25-20)28-10-12-35-13-11-28/h2-9H,10-13H2,1H3,(H2,22,23,24,25,27)/b26-14+. The van der Waals surface area contributed by atoms with E-state index in [2.05, 4.69) is 30.8 Å². The second kappa shape index (κ2) is 10.5. The van der Waals surface area contributed by atoms with Gasteiger partial charge in [-0.15, -0.1) is 0 Å². The smallest absolute Gasteiger partial charge is 0.269 e. The van der Waals surface area contributed by atoms with Gasteiger partial charge in [0.2, 0.25) is 17.8 Å². The quantitative estimate of drug-likeness (QED) is 0.276. The van der Waals surface area contributed by atoms with E-state index in [1.54, 1.807) is 31.2 Å². The van der Waals surface area contributed by atoms with E-state index in [0.717, 1.165) is 0 Å². The Morgan fingerprint density at radius 3 is 2.09 bits per heavy atom. The zero-order valence-electron chi connectivity index (χ0n) is 18.6. The van der Waals surface area contributed by atoms with Gasteiger partial charge in [0.05, 0.1) is 28.8 Å². The van der Waals surface area contributed by atoms with Crippen LogP contribution in [0.3, 0.4) is 0 Å². The van der Waals surface area contributed by atoms with E-state index in [1.165, 1.54) is 24.3 Å². The van der Waals surface area contributed by atoms with Crippen molar-refractivity contribution in [2.75, 3.05) is 41.9 Å². The number of aromatic nitrogens is 3. The van der Waals surface area contributed by atoms with E-state index in [4.69, 9.17) is 4.74 Å². The highest BCUT2D eigenvalue weighted by atomic mass is 16.6. The van der Waals surface area contributed by atoms with Gasteiger partial charge < -0.3 is 15.0 Å². The van der Waals surface area contributed by atoms with Gasteiger partial charge in [-0.2, -0.15) is 20.1 Å². The molecule has 0 unspecified atom stereocenters. The fourth-order valence-electron chi connectivity index (χ4n) is 3.19. The highest BCUT2D eigenvalue weighted by molar-refractivity contribution is 5.99. The minimum atomic E-state index is -0.476. The second-order valence-corrected chi connectivity index (χ2v) is 7.42. The summed E-state index contributed by atoms with van der Waals surface area (Å²) < 4.78 is 5.40. The number of hydrazone groups is 1. The van der Waals surface area contributed by atoms with E-state index in [9.17, 15) is 20.2 Å². The van der Waals surface area contributed by atoms with E-state index in [0.29, 0.717) is 49.2 Å². The largest absolute Gasteiger partial charge is 0.378 e. The SMILES string of the molecule is C/C(=N\Nc1nc(Nc2ccc([N+](=O)[O-])cc2)nc(N2CCOCC2)n1)c1ccc([N+](=O)[O-])cc1. The number of nitrogens with zero attached hydrogens (tertiary/aromatic N) is 7. The van der Waals surface area contributed by atoms with E-state index in [1.807, 2.05) is 4.90 Å². The van der Waals surface area contributed by atoms with Gasteiger partial charge in [-0.05, 0) is 36.8 Å².